The molecule has 0 heterocycles. The number of esters is 1. The Morgan fingerprint density at radius 1 is 0.778 bits per heavy atom. The fraction of sp³-hybridized carbons (Fsp3) is 0.960. The van der Waals surface area contributed by atoms with Crippen LogP contribution in [0, 0.1) is 29.6 Å². The van der Waals surface area contributed by atoms with Crippen LogP contribution in [-0.2, 0) is 9.53 Å². The first kappa shape index (κ1) is 21.2. The number of unbranched alkanes of at least 4 members (excludes halogenated alkanes) is 2. The average Bonchev–Trinajstić information content (AvgIpc) is 2.69. The zero-order chi connectivity index (χ0) is 19.1. The van der Waals surface area contributed by atoms with Gasteiger partial charge in [-0.3, -0.25) is 4.79 Å². The standard InChI is InChI=1S/C25H44O2/c1-3-4-5-7-20-10-12-21(13-11-20)22-14-16-23(17-15-22)24-8-6-9-25(18-24)27-19(2)26/h20-25H,3-18H2,1-2H3/t20-,21-,22?,23?,24-,25+/m0/s1. The monoisotopic (exact) mass is 376 g/mol. The Kier molecular flexibility index (Phi) is 8.52. The second-order valence-electron chi connectivity index (χ2n) is 10.1. The lowest BCUT2D eigenvalue weighted by Gasteiger charge is -2.41. The zero-order valence-corrected chi connectivity index (χ0v) is 18.1. The minimum Gasteiger partial charge on any atom is -0.463 e. The second kappa shape index (κ2) is 10.9. The first-order valence-electron chi connectivity index (χ1n) is 12.3. The Hall–Kier alpha value is -0.530. The van der Waals surface area contributed by atoms with Crippen LogP contribution in [0.5, 0.6) is 0 Å². The van der Waals surface area contributed by atoms with Gasteiger partial charge in [0.2, 0.25) is 0 Å². The van der Waals surface area contributed by atoms with Crippen molar-refractivity contribution >= 4 is 5.97 Å². The summed E-state index contributed by atoms with van der Waals surface area (Å²) < 4.78 is 5.53. The van der Waals surface area contributed by atoms with Gasteiger partial charge in [0, 0.05) is 6.92 Å². The molecule has 3 aliphatic carbocycles. The highest BCUT2D eigenvalue weighted by Crippen LogP contribution is 2.46. The van der Waals surface area contributed by atoms with Crippen molar-refractivity contribution in [1.82, 2.24) is 0 Å². The minimum absolute atomic E-state index is 0.0883. The number of carbonyl (C=O) groups is 1. The van der Waals surface area contributed by atoms with Crippen LogP contribution in [0.4, 0.5) is 0 Å². The molecule has 0 unspecified atom stereocenters. The van der Waals surface area contributed by atoms with E-state index in [2.05, 4.69) is 6.92 Å². The largest absolute Gasteiger partial charge is 0.463 e. The topological polar surface area (TPSA) is 26.3 Å². The lowest BCUT2D eigenvalue weighted by Crippen LogP contribution is -2.32. The van der Waals surface area contributed by atoms with E-state index in [0.717, 1.165) is 42.4 Å². The van der Waals surface area contributed by atoms with Gasteiger partial charge >= 0.3 is 5.97 Å². The third kappa shape index (κ3) is 6.50. The summed E-state index contributed by atoms with van der Waals surface area (Å²) in [6.45, 7) is 3.88. The predicted octanol–water partition coefficient (Wildman–Crippen LogP) is 7.30. The molecule has 3 saturated carbocycles. The fourth-order valence-electron chi connectivity index (χ4n) is 6.67. The summed E-state index contributed by atoms with van der Waals surface area (Å²) in [4.78, 5) is 11.3. The number of rotatable bonds is 7. The van der Waals surface area contributed by atoms with Crippen molar-refractivity contribution in [2.45, 2.75) is 123 Å². The quantitative estimate of drug-likeness (QED) is 0.344. The van der Waals surface area contributed by atoms with Crippen LogP contribution in [0.1, 0.15) is 117 Å². The fourth-order valence-corrected chi connectivity index (χ4v) is 6.67. The third-order valence-corrected chi connectivity index (χ3v) is 8.26. The van der Waals surface area contributed by atoms with Crippen LogP contribution < -0.4 is 0 Å². The van der Waals surface area contributed by atoms with Crippen molar-refractivity contribution < 1.29 is 9.53 Å². The van der Waals surface area contributed by atoms with E-state index in [1.807, 2.05) is 0 Å². The zero-order valence-electron chi connectivity index (χ0n) is 18.1. The maximum Gasteiger partial charge on any atom is 0.302 e. The molecule has 3 fully saturated rings. The Morgan fingerprint density at radius 2 is 1.37 bits per heavy atom. The van der Waals surface area contributed by atoms with Crippen molar-refractivity contribution in [3.8, 4) is 0 Å². The highest BCUT2D eigenvalue weighted by Gasteiger charge is 2.35. The molecule has 3 aliphatic rings. The van der Waals surface area contributed by atoms with Crippen LogP contribution in [0.25, 0.3) is 0 Å². The summed E-state index contributed by atoms with van der Waals surface area (Å²) >= 11 is 0. The summed E-state index contributed by atoms with van der Waals surface area (Å²) in [5.41, 5.74) is 0. The average molecular weight is 377 g/mol. The molecular weight excluding hydrogens is 332 g/mol. The van der Waals surface area contributed by atoms with Gasteiger partial charge in [0.05, 0.1) is 0 Å². The number of hydrogen-bond acceptors (Lipinski definition) is 2. The van der Waals surface area contributed by atoms with Crippen LogP contribution in [-0.4, -0.2) is 12.1 Å². The van der Waals surface area contributed by atoms with E-state index in [0.29, 0.717) is 0 Å². The molecule has 3 rings (SSSR count). The van der Waals surface area contributed by atoms with E-state index in [-0.39, 0.29) is 12.1 Å². The maximum absolute atomic E-state index is 11.3. The Balaban J connectivity index is 1.36. The minimum atomic E-state index is -0.0883. The molecule has 2 nitrogen and oxygen atoms in total. The van der Waals surface area contributed by atoms with E-state index in [4.69, 9.17) is 4.74 Å². The van der Waals surface area contributed by atoms with Gasteiger partial charge < -0.3 is 4.74 Å². The van der Waals surface area contributed by atoms with E-state index < -0.39 is 0 Å². The number of ether oxygens (including phenoxy) is 1. The lowest BCUT2D eigenvalue weighted by atomic mass is 9.65. The highest BCUT2D eigenvalue weighted by atomic mass is 16.5. The maximum atomic E-state index is 11.3. The Labute approximate surface area is 168 Å². The summed E-state index contributed by atoms with van der Waals surface area (Å²) in [5, 5.41) is 0. The lowest BCUT2D eigenvalue weighted by molar-refractivity contribution is -0.149. The molecule has 2 atom stereocenters. The molecule has 0 amide bonds. The van der Waals surface area contributed by atoms with Gasteiger partial charge in [-0.1, -0.05) is 45.4 Å². The Morgan fingerprint density at radius 3 is 1.96 bits per heavy atom. The predicted molar refractivity (Wildman–Crippen MR) is 113 cm³/mol. The molecule has 0 bridgehead atoms. The molecule has 27 heavy (non-hydrogen) atoms. The van der Waals surface area contributed by atoms with Gasteiger partial charge in [0.25, 0.3) is 0 Å². The SMILES string of the molecule is CCCCC[C@H]1CC[C@H](C2CCC([C@H]3CCC[C@@H](OC(C)=O)C3)CC2)CC1. The summed E-state index contributed by atoms with van der Waals surface area (Å²) in [6, 6.07) is 0. The molecule has 2 heteroatoms. The molecule has 0 aromatic rings. The van der Waals surface area contributed by atoms with Gasteiger partial charge in [-0.05, 0) is 93.8 Å². The first-order valence-corrected chi connectivity index (χ1v) is 12.3. The van der Waals surface area contributed by atoms with Crippen molar-refractivity contribution in [1.29, 1.82) is 0 Å². The number of hydrogen-bond donors (Lipinski definition) is 0. The summed E-state index contributed by atoms with van der Waals surface area (Å²) in [7, 11) is 0. The summed E-state index contributed by atoms with van der Waals surface area (Å²) in [6.07, 6.45) is 22.7. The van der Waals surface area contributed by atoms with Crippen LogP contribution in [0.3, 0.4) is 0 Å². The molecule has 0 radical (unpaired) electrons. The molecule has 0 aromatic heterocycles. The molecule has 0 aromatic carbocycles. The second-order valence-corrected chi connectivity index (χ2v) is 10.1. The van der Waals surface area contributed by atoms with Gasteiger partial charge in [0.1, 0.15) is 6.10 Å². The molecular formula is C25H44O2. The molecule has 0 N–H and O–H groups in total. The normalized spacial score (nSPS) is 37.7. The van der Waals surface area contributed by atoms with Crippen molar-refractivity contribution in [2.75, 3.05) is 0 Å². The van der Waals surface area contributed by atoms with E-state index in [9.17, 15) is 4.79 Å². The third-order valence-electron chi connectivity index (χ3n) is 8.26. The van der Waals surface area contributed by atoms with Crippen molar-refractivity contribution in [3.63, 3.8) is 0 Å². The summed E-state index contributed by atoms with van der Waals surface area (Å²) in [5.74, 6) is 4.74. The van der Waals surface area contributed by atoms with Crippen LogP contribution >= 0.6 is 0 Å². The van der Waals surface area contributed by atoms with Crippen LogP contribution in [0.2, 0.25) is 0 Å². The van der Waals surface area contributed by atoms with E-state index >= 15 is 0 Å². The van der Waals surface area contributed by atoms with Gasteiger partial charge in [-0.15, -0.1) is 0 Å². The smallest absolute Gasteiger partial charge is 0.302 e. The molecule has 0 aliphatic heterocycles. The van der Waals surface area contributed by atoms with Crippen molar-refractivity contribution in [2.24, 2.45) is 29.6 Å². The number of carbonyl (C=O) groups excluding carboxylic acids is 1. The molecule has 0 spiro atoms. The molecule has 0 saturated heterocycles. The van der Waals surface area contributed by atoms with Gasteiger partial charge in [-0.25, -0.2) is 0 Å². The Bertz CT molecular complexity index is 430. The van der Waals surface area contributed by atoms with E-state index in [1.54, 1.807) is 6.92 Å². The van der Waals surface area contributed by atoms with Gasteiger partial charge in [0.15, 0.2) is 0 Å². The highest BCUT2D eigenvalue weighted by molar-refractivity contribution is 5.66. The van der Waals surface area contributed by atoms with E-state index in [1.165, 1.54) is 89.9 Å². The molecule has 156 valence electrons. The van der Waals surface area contributed by atoms with Gasteiger partial charge in [-0.2, -0.15) is 0 Å². The van der Waals surface area contributed by atoms with Crippen molar-refractivity contribution in [3.05, 3.63) is 0 Å². The first-order chi connectivity index (χ1) is 13.2. The van der Waals surface area contributed by atoms with Crippen LogP contribution in [0.15, 0.2) is 0 Å².